The highest BCUT2D eigenvalue weighted by molar-refractivity contribution is 7.47. The second kappa shape index (κ2) is 38.4. The van der Waals surface area contributed by atoms with Crippen molar-refractivity contribution < 1.29 is 32.5 Å². The third kappa shape index (κ3) is 41.9. The summed E-state index contributed by atoms with van der Waals surface area (Å²) in [5, 5.41) is 0. The number of ether oxygens (including phenoxy) is 2. The third-order valence-electron chi connectivity index (χ3n) is 9.73. The standard InChI is InChI=1S/C44H88NO6P/c1-6-8-10-12-14-16-18-20-22-24-26-28-30-32-34-36-39-48-42-44(43-51-52(46,47)50-41-38-45(3,4)5)49-40-37-35-33-31-29-27-25-23-21-19-17-15-13-11-9-7-2/h36-37,39-40,44H,6-35,38,41-43H2,1-5H3/p+1/t44-/m1/s1. The van der Waals surface area contributed by atoms with Gasteiger partial charge in [-0.3, -0.25) is 9.05 Å². The molecule has 0 aromatic heterocycles. The zero-order chi connectivity index (χ0) is 38.3. The van der Waals surface area contributed by atoms with Gasteiger partial charge < -0.3 is 18.9 Å². The van der Waals surface area contributed by atoms with Crippen molar-refractivity contribution in [2.24, 2.45) is 0 Å². The minimum Gasteiger partial charge on any atom is -0.498 e. The molecular weight excluding hydrogens is 669 g/mol. The first-order valence-corrected chi connectivity index (χ1v) is 23.7. The van der Waals surface area contributed by atoms with Crippen molar-refractivity contribution >= 4 is 7.82 Å². The minimum absolute atomic E-state index is 0.0891. The molecule has 0 heterocycles. The number of hydrogen-bond donors (Lipinski definition) is 1. The van der Waals surface area contributed by atoms with Crippen molar-refractivity contribution in [1.29, 1.82) is 0 Å². The number of phosphoric ester groups is 1. The molecule has 0 aliphatic rings. The summed E-state index contributed by atoms with van der Waals surface area (Å²) in [5.41, 5.74) is 0. The molecule has 0 saturated heterocycles. The Kier molecular flexibility index (Phi) is 37.8. The smallest absolute Gasteiger partial charge is 0.472 e. The van der Waals surface area contributed by atoms with Gasteiger partial charge in [0.2, 0.25) is 0 Å². The van der Waals surface area contributed by atoms with Crippen molar-refractivity contribution in [3.05, 3.63) is 24.7 Å². The van der Waals surface area contributed by atoms with Crippen molar-refractivity contribution in [1.82, 2.24) is 0 Å². The Morgan fingerprint density at radius 1 is 0.519 bits per heavy atom. The Labute approximate surface area is 324 Å². The topological polar surface area (TPSA) is 74.2 Å². The number of rotatable bonds is 42. The molecule has 8 heteroatoms. The third-order valence-corrected chi connectivity index (χ3v) is 10.7. The predicted molar refractivity (Wildman–Crippen MR) is 224 cm³/mol. The fraction of sp³-hybridized carbons (Fsp3) is 0.909. The normalized spacial score (nSPS) is 14.0. The summed E-state index contributed by atoms with van der Waals surface area (Å²) >= 11 is 0. The van der Waals surface area contributed by atoms with E-state index in [0.29, 0.717) is 11.0 Å². The largest absolute Gasteiger partial charge is 0.498 e. The van der Waals surface area contributed by atoms with Gasteiger partial charge in [0.15, 0.2) is 6.10 Å². The first-order valence-electron chi connectivity index (χ1n) is 22.2. The number of quaternary nitrogens is 1. The van der Waals surface area contributed by atoms with Gasteiger partial charge in [-0.15, -0.1) is 0 Å². The maximum Gasteiger partial charge on any atom is 0.472 e. The Balaban J connectivity index is 4.18. The first-order chi connectivity index (χ1) is 25.2. The second-order valence-corrected chi connectivity index (χ2v) is 17.7. The Morgan fingerprint density at radius 2 is 0.885 bits per heavy atom. The molecule has 52 heavy (non-hydrogen) atoms. The molecule has 0 bridgehead atoms. The summed E-state index contributed by atoms with van der Waals surface area (Å²) in [6, 6.07) is 0. The van der Waals surface area contributed by atoms with Crippen LogP contribution < -0.4 is 0 Å². The number of nitrogens with zero attached hydrogens (tertiary/aromatic N) is 1. The van der Waals surface area contributed by atoms with E-state index in [4.69, 9.17) is 18.5 Å². The van der Waals surface area contributed by atoms with Crippen LogP contribution in [0.1, 0.15) is 206 Å². The first kappa shape index (κ1) is 51.1. The highest BCUT2D eigenvalue weighted by atomic mass is 31.2. The van der Waals surface area contributed by atoms with Crippen LogP contribution in [0.25, 0.3) is 0 Å². The summed E-state index contributed by atoms with van der Waals surface area (Å²) in [6.45, 7) is 5.44. The van der Waals surface area contributed by atoms with Gasteiger partial charge in [0.1, 0.15) is 19.8 Å². The molecule has 2 atom stereocenters. The van der Waals surface area contributed by atoms with Gasteiger partial charge >= 0.3 is 7.82 Å². The van der Waals surface area contributed by atoms with E-state index >= 15 is 0 Å². The molecule has 0 radical (unpaired) electrons. The van der Waals surface area contributed by atoms with Gasteiger partial charge in [-0.2, -0.15) is 0 Å². The summed E-state index contributed by atoms with van der Waals surface area (Å²) in [6.07, 6.45) is 47.0. The maximum atomic E-state index is 12.5. The van der Waals surface area contributed by atoms with Crippen molar-refractivity contribution in [2.45, 2.75) is 213 Å². The number of unbranched alkanes of at least 4 members (excludes halogenated alkanes) is 28. The molecule has 0 spiro atoms. The lowest BCUT2D eigenvalue weighted by atomic mass is 10.0. The molecule has 0 fully saturated rings. The maximum absolute atomic E-state index is 12.5. The van der Waals surface area contributed by atoms with Crippen molar-refractivity contribution in [3.63, 3.8) is 0 Å². The molecule has 7 nitrogen and oxygen atoms in total. The lowest BCUT2D eigenvalue weighted by Gasteiger charge is -2.24. The van der Waals surface area contributed by atoms with Crippen molar-refractivity contribution in [2.75, 3.05) is 47.5 Å². The average molecular weight is 759 g/mol. The summed E-state index contributed by atoms with van der Waals surface area (Å²) < 4.78 is 35.2. The Bertz CT molecular complexity index is 830. The summed E-state index contributed by atoms with van der Waals surface area (Å²) in [4.78, 5) is 10.2. The van der Waals surface area contributed by atoms with Crippen LogP contribution in [0.5, 0.6) is 0 Å². The summed E-state index contributed by atoms with van der Waals surface area (Å²) in [5.74, 6) is 0. The van der Waals surface area contributed by atoms with Crippen molar-refractivity contribution in [3.8, 4) is 0 Å². The molecule has 0 saturated carbocycles. The van der Waals surface area contributed by atoms with Crippen LogP contribution in [0.4, 0.5) is 0 Å². The number of hydrogen-bond acceptors (Lipinski definition) is 5. The fourth-order valence-electron chi connectivity index (χ4n) is 6.22. The van der Waals surface area contributed by atoms with Gasteiger partial charge in [0.05, 0.1) is 40.3 Å². The van der Waals surface area contributed by atoms with E-state index in [1.54, 1.807) is 12.5 Å². The van der Waals surface area contributed by atoms with E-state index in [0.717, 1.165) is 19.3 Å². The molecule has 310 valence electrons. The number of likely N-dealkylation sites (N-methyl/N-ethyl adjacent to an activating group) is 1. The highest BCUT2D eigenvalue weighted by Gasteiger charge is 2.25. The second-order valence-electron chi connectivity index (χ2n) is 16.2. The van der Waals surface area contributed by atoms with Gasteiger partial charge in [0, 0.05) is 0 Å². The Hall–Kier alpha value is -0.850. The van der Waals surface area contributed by atoms with E-state index in [2.05, 4.69) is 19.9 Å². The molecule has 0 aliphatic carbocycles. The zero-order valence-electron chi connectivity index (χ0n) is 35.3. The quantitative estimate of drug-likeness (QED) is 0.0289. The van der Waals surface area contributed by atoms with Crippen LogP contribution >= 0.6 is 7.82 Å². The molecule has 0 amide bonds. The number of phosphoric acid groups is 1. The van der Waals surface area contributed by atoms with E-state index in [9.17, 15) is 9.46 Å². The zero-order valence-corrected chi connectivity index (χ0v) is 36.2. The van der Waals surface area contributed by atoms with Crippen LogP contribution in [0, 0.1) is 0 Å². The van der Waals surface area contributed by atoms with Gasteiger partial charge in [0.25, 0.3) is 0 Å². The van der Waals surface area contributed by atoms with Crippen LogP contribution in [0.2, 0.25) is 0 Å². The number of allylic oxidation sites excluding steroid dienone is 2. The van der Waals surface area contributed by atoms with E-state index in [1.165, 1.54) is 173 Å². The van der Waals surface area contributed by atoms with E-state index in [-0.39, 0.29) is 19.8 Å². The molecule has 0 aliphatic heterocycles. The molecule has 0 rings (SSSR count). The minimum atomic E-state index is -4.18. The van der Waals surface area contributed by atoms with E-state index < -0.39 is 13.9 Å². The SMILES string of the molecule is CCCCCCCCCCCCCCCCC=COC[C@H](COP(=O)(O)OCC[N+](C)(C)C)OC=CCCCCCCCCCCCCCCCC. The Morgan fingerprint density at radius 3 is 1.27 bits per heavy atom. The molecule has 0 aromatic carbocycles. The van der Waals surface area contributed by atoms with Crippen LogP contribution in [0.3, 0.4) is 0 Å². The van der Waals surface area contributed by atoms with Crippen LogP contribution in [-0.2, 0) is 23.1 Å². The lowest BCUT2D eigenvalue weighted by molar-refractivity contribution is -0.870. The predicted octanol–water partition coefficient (Wildman–Crippen LogP) is 14.0. The summed E-state index contributed by atoms with van der Waals surface area (Å²) in [7, 11) is 1.84. The lowest BCUT2D eigenvalue weighted by Crippen LogP contribution is -2.37. The van der Waals surface area contributed by atoms with Crippen LogP contribution in [-0.4, -0.2) is 63.0 Å². The van der Waals surface area contributed by atoms with Gasteiger partial charge in [-0.05, 0) is 37.8 Å². The highest BCUT2D eigenvalue weighted by Crippen LogP contribution is 2.43. The average Bonchev–Trinajstić information content (AvgIpc) is 3.10. The molecule has 1 N–H and O–H groups in total. The van der Waals surface area contributed by atoms with E-state index in [1.807, 2.05) is 27.2 Å². The molecule has 1 unspecified atom stereocenters. The monoisotopic (exact) mass is 759 g/mol. The fourth-order valence-corrected chi connectivity index (χ4v) is 6.96. The van der Waals surface area contributed by atoms with Gasteiger partial charge in [-0.25, -0.2) is 4.57 Å². The van der Waals surface area contributed by atoms with Gasteiger partial charge in [-0.1, -0.05) is 181 Å². The molecular formula is C44H89NO6P+. The van der Waals surface area contributed by atoms with Crippen LogP contribution in [0.15, 0.2) is 24.7 Å². The molecule has 0 aromatic rings.